The van der Waals surface area contributed by atoms with E-state index in [2.05, 4.69) is 21.2 Å². The zero-order valence-corrected chi connectivity index (χ0v) is 12.3. The molecule has 1 atom stereocenters. The van der Waals surface area contributed by atoms with E-state index in [4.69, 9.17) is 16.3 Å². The van der Waals surface area contributed by atoms with E-state index in [1.54, 1.807) is 25.1 Å². The van der Waals surface area contributed by atoms with Crippen LogP contribution in [0.4, 0.5) is 5.69 Å². The summed E-state index contributed by atoms with van der Waals surface area (Å²) in [7, 11) is 0. The maximum absolute atomic E-state index is 11.5. The van der Waals surface area contributed by atoms with Crippen molar-refractivity contribution in [3.63, 3.8) is 0 Å². The van der Waals surface area contributed by atoms with Crippen LogP contribution in [0.15, 0.2) is 18.2 Å². The second kappa shape index (κ2) is 6.26. The van der Waals surface area contributed by atoms with Gasteiger partial charge in [-0.1, -0.05) is 27.5 Å². The molecule has 5 heteroatoms. The lowest BCUT2D eigenvalue weighted by molar-refractivity contribution is -0.115. The number of nitrogens with one attached hydrogen (secondary N) is 1. The van der Waals surface area contributed by atoms with E-state index in [-0.39, 0.29) is 16.8 Å². The lowest BCUT2D eigenvalue weighted by Gasteiger charge is -2.13. The molecule has 0 saturated carbocycles. The first-order valence-electron chi connectivity index (χ1n) is 5.31. The van der Waals surface area contributed by atoms with E-state index < -0.39 is 0 Å². The van der Waals surface area contributed by atoms with E-state index in [9.17, 15) is 4.79 Å². The van der Waals surface area contributed by atoms with Crippen molar-refractivity contribution in [1.82, 2.24) is 0 Å². The maximum Gasteiger partial charge on any atom is 0.237 e. The lowest BCUT2D eigenvalue weighted by Crippen LogP contribution is -2.19. The van der Waals surface area contributed by atoms with Gasteiger partial charge in [0.25, 0.3) is 0 Å². The molecule has 17 heavy (non-hydrogen) atoms. The molecule has 0 aliphatic heterocycles. The Morgan fingerprint density at radius 3 is 2.53 bits per heavy atom. The molecule has 0 heterocycles. The number of hydrogen-bond acceptors (Lipinski definition) is 2. The standard InChI is InChI=1S/C12H15BrClNO2/c1-7(2)17-11-5-4-9(6-10(11)14)15-12(16)8(3)13/h4-8H,1-3H3,(H,15,16). The summed E-state index contributed by atoms with van der Waals surface area (Å²) in [5.74, 6) is 0.505. The highest BCUT2D eigenvalue weighted by Crippen LogP contribution is 2.28. The van der Waals surface area contributed by atoms with Gasteiger partial charge in [-0.05, 0) is 39.0 Å². The van der Waals surface area contributed by atoms with Crippen LogP contribution in [0.3, 0.4) is 0 Å². The number of hydrogen-bond donors (Lipinski definition) is 1. The van der Waals surface area contributed by atoms with Crippen LogP contribution >= 0.6 is 27.5 Å². The number of carbonyl (C=O) groups excluding carboxylic acids is 1. The first kappa shape index (κ1) is 14.3. The summed E-state index contributed by atoms with van der Waals surface area (Å²) in [6.07, 6.45) is 0.0653. The summed E-state index contributed by atoms with van der Waals surface area (Å²) < 4.78 is 5.50. The van der Waals surface area contributed by atoms with Gasteiger partial charge in [0.05, 0.1) is 16.0 Å². The number of benzene rings is 1. The summed E-state index contributed by atoms with van der Waals surface area (Å²) in [5, 5.41) is 3.22. The summed E-state index contributed by atoms with van der Waals surface area (Å²) >= 11 is 9.24. The van der Waals surface area contributed by atoms with Gasteiger partial charge in [-0.2, -0.15) is 0 Å². The molecule has 1 aromatic rings. The summed E-state index contributed by atoms with van der Waals surface area (Å²) in [4.78, 5) is 11.2. The molecular formula is C12H15BrClNO2. The average molecular weight is 321 g/mol. The lowest BCUT2D eigenvalue weighted by atomic mass is 10.3. The highest BCUT2D eigenvalue weighted by atomic mass is 79.9. The highest BCUT2D eigenvalue weighted by Gasteiger charge is 2.10. The SMILES string of the molecule is CC(C)Oc1ccc(NC(=O)C(C)Br)cc1Cl. The van der Waals surface area contributed by atoms with Gasteiger partial charge in [-0.3, -0.25) is 4.79 Å². The molecule has 0 bridgehead atoms. The van der Waals surface area contributed by atoms with Crippen molar-refractivity contribution < 1.29 is 9.53 Å². The largest absolute Gasteiger partial charge is 0.489 e. The van der Waals surface area contributed by atoms with Crippen molar-refractivity contribution in [1.29, 1.82) is 0 Å². The van der Waals surface area contributed by atoms with Crippen molar-refractivity contribution in [2.24, 2.45) is 0 Å². The maximum atomic E-state index is 11.5. The van der Waals surface area contributed by atoms with Crippen LogP contribution in [0.5, 0.6) is 5.75 Å². The molecule has 1 rings (SSSR count). The minimum atomic E-state index is -0.243. The third-order valence-electron chi connectivity index (χ3n) is 1.92. The van der Waals surface area contributed by atoms with Crippen molar-refractivity contribution >= 4 is 39.1 Å². The smallest absolute Gasteiger partial charge is 0.237 e. The number of rotatable bonds is 4. The second-order valence-electron chi connectivity index (χ2n) is 3.92. The molecule has 0 radical (unpaired) electrons. The van der Waals surface area contributed by atoms with Gasteiger partial charge in [-0.15, -0.1) is 0 Å². The summed E-state index contributed by atoms with van der Waals surface area (Å²) in [5.41, 5.74) is 0.655. The highest BCUT2D eigenvalue weighted by molar-refractivity contribution is 9.10. The predicted molar refractivity (Wildman–Crippen MR) is 74.2 cm³/mol. The Bertz CT molecular complexity index is 407. The van der Waals surface area contributed by atoms with Crippen molar-refractivity contribution in [3.8, 4) is 5.75 Å². The van der Waals surface area contributed by atoms with Gasteiger partial charge in [0.1, 0.15) is 5.75 Å². The number of amides is 1. The van der Waals surface area contributed by atoms with Gasteiger partial charge < -0.3 is 10.1 Å². The first-order chi connectivity index (χ1) is 7.90. The van der Waals surface area contributed by atoms with Crippen LogP contribution in [-0.2, 0) is 4.79 Å². The van der Waals surface area contributed by atoms with Crippen LogP contribution in [0, 0.1) is 0 Å². The fourth-order valence-corrected chi connectivity index (χ4v) is 1.51. The van der Waals surface area contributed by atoms with Crippen molar-refractivity contribution in [2.75, 3.05) is 5.32 Å². The van der Waals surface area contributed by atoms with E-state index >= 15 is 0 Å². The minimum absolute atomic E-state index is 0.0653. The Morgan fingerprint density at radius 1 is 1.41 bits per heavy atom. The topological polar surface area (TPSA) is 38.3 Å². The van der Waals surface area contributed by atoms with Gasteiger partial charge >= 0.3 is 0 Å². The van der Waals surface area contributed by atoms with Crippen LogP contribution in [0.25, 0.3) is 0 Å². The normalized spacial score (nSPS) is 12.4. The average Bonchev–Trinajstić information content (AvgIpc) is 2.21. The Hall–Kier alpha value is -0.740. The predicted octanol–water partition coefficient (Wildman–Crippen LogP) is 3.85. The molecule has 0 fully saturated rings. The van der Waals surface area contributed by atoms with Crippen LogP contribution in [-0.4, -0.2) is 16.8 Å². The van der Waals surface area contributed by atoms with Gasteiger partial charge in [0.2, 0.25) is 5.91 Å². The fourth-order valence-electron chi connectivity index (χ4n) is 1.17. The van der Waals surface area contributed by atoms with Crippen LogP contribution in [0.1, 0.15) is 20.8 Å². The molecular weight excluding hydrogens is 305 g/mol. The molecule has 1 unspecified atom stereocenters. The molecule has 0 spiro atoms. The zero-order valence-electron chi connectivity index (χ0n) is 9.96. The molecule has 0 aliphatic rings. The molecule has 3 nitrogen and oxygen atoms in total. The Balaban J connectivity index is 2.78. The van der Waals surface area contributed by atoms with Gasteiger partial charge in [0, 0.05) is 5.69 Å². The molecule has 1 aromatic carbocycles. The van der Waals surface area contributed by atoms with E-state index in [1.165, 1.54) is 0 Å². The van der Waals surface area contributed by atoms with E-state index in [0.29, 0.717) is 16.5 Å². The number of alkyl halides is 1. The van der Waals surface area contributed by atoms with Crippen LogP contribution in [0.2, 0.25) is 5.02 Å². The molecule has 94 valence electrons. The number of anilines is 1. The molecule has 1 amide bonds. The Kier molecular flexibility index (Phi) is 5.28. The molecule has 0 saturated heterocycles. The summed E-state index contributed by atoms with van der Waals surface area (Å²) in [6.45, 7) is 5.62. The van der Waals surface area contributed by atoms with E-state index in [0.717, 1.165) is 0 Å². The second-order valence-corrected chi connectivity index (χ2v) is 5.70. The fraction of sp³-hybridized carbons (Fsp3) is 0.417. The summed E-state index contributed by atoms with van der Waals surface area (Å²) in [6, 6.07) is 5.18. The van der Waals surface area contributed by atoms with Crippen LogP contribution < -0.4 is 10.1 Å². The molecule has 0 aromatic heterocycles. The number of ether oxygens (including phenoxy) is 1. The molecule has 1 N–H and O–H groups in total. The van der Waals surface area contributed by atoms with Crippen molar-refractivity contribution in [2.45, 2.75) is 31.7 Å². The number of halogens is 2. The minimum Gasteiger partial charge on any atom is -0.489 e. The van der Waals surface area contributed by atoms with E-state index in [1.807, 2.05) is 13.8 Å². The quantitative estimate of drug-likeness (QED) is 0.856. The van der Waals surface area contributed by atoms with Gasteiger partial charge in [-0.25, -0.2) is 0 Å². The first-order valence-corrected chi connectivity index (χ1v) is 6.60. The third kappa shape index (κ3) is 4.56. The Labute approximate surface area is 115 Å². The third-order valence-corrected chi connectivity index (χ3v) is 2.63. The monoisotopic (exact) mass is 319 g/mol. The van der Waals surface area contributed by atoms with Gasteiger partial charge in [0.15, 0.2) is 0 Å². The molecule has 0 aliphatic carbocycles. The Morgan fingerprint density at radius 2 is 2.06 bits per heavy atom. The number of carbonyl (C=O) groups is 1. The van der Waals surface area contributed by atoms with Crippen molar-refractivity contribution in [3.05, 3.63) is 23.2 Å². The zero-order chi connectivity index (χ0) is 13.0.